The van der Waals surface area contributed by atoms with Gasteiger partial charge in [-0.2, -0.15) is 0 Å². The fourth-order valence-electron chi connectivity index (χ4n) is 1.26. The molecule has 0 bridgehead atoms. The van der Waals surface area contributed by atoms with E-state index in [0.29, 0.717) is 0 Å². The van der Waals surface area contributed by atoms with Crippen molar-refractivity contribution in [3.63, 3.8) is 0 Å². The van der Waals surface area contributed by atoms with Gasteiger partial charge < -0.3 is 14.2 Å². The fraction of sp³-hybridized carbons (Fsp3) is 0.778. The molecule has 0 aromatic heterocycles. The molecule has 1 saturated heterocycles. The van der Waals surface area contributed by atoms with Crippen LogP contribution >= 0.6 is 0 Å². The van der Waals surface area contributed by atoms with Crippen molar-refractivity contribution in [2.75, 3.05) is 6.61 Å². The van der Waals surface area contributed by atoms with Gasteiger partial charge in [0.2, 0.25) is 11.4 Å². The van der Waals surface area contributed by atoms with Crippen LogP contribution in [0.2, 0.25) is 0 Å². The molecule has 80 valence electrons. The summed E-state index contributed by atoms with van der Waals surface area (Å²) in [5.74, 6) is -1.91. The lowest BCUT2D eigenvalue weighted by Crippen LogP contribution is -2.39. The maximum atomic E-state index is 11.4. The van der Waals surface area contributed by atoms with Gasteiger partial charge >= 0.3 is 11.9 Å². The summed E-state index contributed by atoms with van der Waals surface area (Å²) in [5.41, 5.74) is -1.19. The smallest absolute Gasteiger partial charge is 0.344 e. The number of carbonyl (C=O) groups excluding carboxylic acids is 2. The lowest BCUT2D eigenvalue weighted by molar-refractivity contribution is -0.175. The zero-order valence-corrected chi connectivity index (χ0v) is 8.75. The van der Waals surface area contributed by atoms with Crippen LogP contribution in [0.5, 0.6) is 0 Å². The molecule has 0 amide bonds. The number of hydrogen-bond donors (Lipinski definition) is 0. The van der Waals surface area contributed by atoms with E-state index in [2.05, 4.69) is 0 Å². The molecular weight excluding hydrogens is 188 g/mol. The van der Waals surface area contributed by atoms with E-state index in [1.165, 1.54) is 13.8 Å². The summed E-state index contributed by atoms with van der Waals surface area (Å²) in [5, 5.41) is 0. The molecule has 1 aliphatic heterocycles. The molecule has 14 heavy (non-hydrogen) atoms. The van der Waals surface area contributed by atoms with Gasteiger partial charge in [-0.1, -0.05) is 0 Å². The Kier molecular flexibility index (Phi) is 2.54. The van der Waals surface area contributed by atoms with Crippen molar-refractivity contribution >= 4 is 11.9 Å². The molecule has 0 spiro atoms. The predicted molar refractivity (Wildman–Crippen MR) is 46.3 cm³/mol. The molecule has 1 atom stereocenters. The first kappa shape index (κ1) is 11.0. The molecule has 0 unspecified atom stereocenters. The Morgan fingerprint density at radius 2 is 2.00 bits per heavy atom. The molecule has 1 aliphatic rings. The highest BCUT2D eigenvalue weighted by molar-refractivity contribution is 5.81. The number of rotatable bonds is 2. The lowest BCUT2D eigenvalue weighted by Gasteiger charge is -2.21. The molecule has 0 N–H and O–H groups in total. The van der Waals surface area contributed by atoms with Gasteiger partial charge in [-0.15, -0.1) is 0 Å². The number of ether oxygens (including phenoxy) is 3. The fourth-order valence-corrected chi connectivity index (χ4v) is 1.26. The Bertz CT molecular complexity index is 270. The van der Waals surface area contributed by atoms with Gasteiger partial charge in [0.15, 0.2) is 0 Å². The first-order chi connectivity index (χ1) is 6.25. The van der Waals surface area contributed by atoms with E-state index < -0.39 is 23.3 Å². The second-order valence-electron chi connectivity index (χ2n) is 3.90. The number of hydrogen-bond acceptors (Lipinski definition) is 5. The summed E-state index contributed by atoms with van der Waals surface area (Å²) < 4.78 is 15.0. The summed E-state index contributed by atoms with van der Waals surface area (Å²) in [6, 6.07) is 0. The van der Waals surface area contributed by atoms with Crippen molar-refractivity contribution < 1.29 is 23.8 Å². The Morgan fingerprint density at radius 1 is 1.43 bits per heavy atom. The quantitative estimate of drug-likeness (QED) is 0.614. The zero-order valence-electron chi connectivity index (χ0n) is 8.75. The number of cyclic esters (lactones) is 1. The van der Waals surface area contributed by atoms with Crippen LogP contribution in [0.25, 0.3) is 0 Å². The summed E-state index contributed by atoms with van der Waals surface area (Å²) in [7, 11) is 0. The lowest BCUT2D eigenvalue weighted by atomic mass is 10.1. The first-order valence-electron chi connectivity index (χ1n) is 4.32. The minimum atomic E-state index is -1.19. The van der Waals surface area contributed by atoms with E-state index >= 15 is 0 Å². The second-order valence-corrected chi connectivity index (χ2v) is 3.90. The molecule has 1 fully saturated rings. The molecule has 0 radical (unpaired) electrons. The third kappa shape index (κ3) is 2.23. The maximum Gasteiger partial charge on any atom is 0.344 e. The highest BCUT2D eigenvalue weighted by atomic mass is 16.8. The standard InChI is InChI=1S/C9H14O5/c1-6(10)12-5-9(4)7(11)13-8(2,3)14-9/h5H2,1-4H3/t9-/m0/s1. The van der Waals surface area contributed by atoms with E-state index in [9.17, 15) is 9.59 Å². The van der Waals surface area contributed by atoms with Crippen molar-refractivity contribution in [1.82, 2.24) is 0 Å². The zero-order chi connectivity index (χ0) is 11.0. The highest BCUT2D eigenvalue weighted by Crippen LogP contribution is 2.31. The third-order valence-corrected chi connectivity index (χ3v) is 1.79. The number of esters is 2. The molecule has 0 saturated carbocycles. The summed E-state index contributed by atoms with van der Waals surface area (Å²) in [4.78, 5) is 22.0. The van der Waals surface area contributed by atoms with Crippen LogP contribution in [-0.4, -0.2) is 29.9 Å². The monoisotopic (exact) mass is 202 g/mol. The van der Waals surface area contributed by atoms with E-state index in [1.807, 2.05) is 0 Å². The van der Waals surface area contributed by atoms with Crippen molar-refractivity contribution in [3.8, 4) is 0 Å². The molecule has 0 aliphatic carbocycles. The van der Waals surface area contributed by atoms with Gasteiger partial charge in [0.25, 0.3) is 0 Å². The van der Waals surface area contributed by atoms with E-state index in [1.54, 1.807) is 13.8 Å². The van der Waals surface area contributed by atoms with Crippen LogP contribution in [0, 0.1) is 0 Å². The molecule has 5 heteroatoms. The summed E-state index contributed by atoms with van der Waals surface area (Å²) >= 11 is 0. The Labute approximate surface area is 82.3 Å². The molecule has 0 aromatic carbocycles. The minimum Gasteiger partial charge on any atom is -0.462 e. The van der Waals surface area contributed by atoms with Gasteiger partial charge in [0, 0.05) is 20.8 Å². The van der Waals surface area contributed by atoms with Gasteiger partial charge in [0.1, 0.15) is 6.61 Å². The van der Waals surface area contributed by atoms with Crippen LogP contribution in [0.3, 0.4) is 0 Å². The highest BCUT2D eigenvalue weighted by Gasteiger charge is 2.51. The second kappa shape index (κ2) is 3.24. The Balaban J connectivity index is 2.66. The summed E-state index contributed by atoms with van der Waals surface area (Å²) in [6.45, 7) is 5.94. The molecule has 1 rings (SSSR count). The van der Waals surface area contributed by atoms with Crippen LogP contribution in [-0.2, 0) is 23.8 Å². The van der Waals surface area contributed by atoms with Crippen LogP contribution < -0.4 is 0 Å². The van der Waals surface area contributed by atoms with E-state index in [0.717, 1.165) is 0 Å². The Morgan fingerprint density at radius 3 is 2.36 bits per heavy atom. The van der Waals surface area contributed by atoms with Crippen LogP contribution in [0.1, 0.15) is 27.7 Å². The normalized spacial score (nSPS) is 29.9. The molecular formula is C9H14O5. The van der Waals surface area contributed by atoms with Crippen molar-refractivity contribution in [1.29, 1.82) is 0 Å². The van der Waals surface area contributed by atoms with Crippen molar-refractivity contribution in [2.45, 2.75) is 39.1 Å². The van der Waals surface area contributed by atoms with Gasteiger partial charge in [0.05, 0.1) is 0 Å². The van der Waals surface area contributed by atoms with Crippen LogP contribution in [0.15, 0.2) is 0 Å². The topological polar surface area (TPSA) is 61.8 Å². The largest absolute Gasteiger partial charge is 0.462 e. The van der Waals surface area contributed by atoms with Crippen LogP contribution in [0.4, 0.5) is 0 Å². The molecule has 0 aromatic rings. The summed E-state index contributed by atoms with van der Waals surface area (Å²) in [6.07, 6.45) is 0. The van der Waals surface area contributed by atoms with E-state index in [-0.39, 0.29) is 6.61 Å². The third-order valence-electron chi connectivity index (χ3n) is 1.79. The minimum absolute atomic E-state index is 0.120. The SMILES string of the molecule is CC(=O)OC[C@]1(C)OC(C)(C)OC1=O. The van der Waals surface area contributed by atoms with Gasteiger partial charge in [-0.05, 0) is 6.92 Å². The Hall–Kier alpha value is -1.10. The van der Waals surface area contributed by atoms with Crippen molar-refractivity contribution in [2.24, 2.45) is 0 Å². The average Bonchev–Trinajstić information content (AvgIpc) is 2.18. The van der Waals surface area contributed by atoms with Crippen molar-refractivity contribution in [3.05, 3.63) is 0 Å². The average molecular weight is 202 g/mol. The number of carbonyl (C=O) groups is 2. The molecule has 5 nitrogen and oxygen atoms in total. The van der Waals surface area contributed by atoms with Gasteiger partial charge in [-0.3, -0.25) is 4.79 Å². The molecule has 1 heterocycles. The van der Waals surface area contributed by atoms with E-state index in [4.69, 9.17) is 14.2 Å². The maximum absolute atomic E-state index is 11.4. The first-order valence-corrected chi connectivity index (χ1v) is 4.32. The predicted octanol–water partition coefficient (Wildman–Crippen LogP) is 0.618. The van der Waals surface area contributed by atoms with Gasteiger partial charge in [-0.25, -0.2) is 4.79 Å².